The minimum absolute atomic E-state index is 0.258. The number of cyclic esters (lactones) is 1. The first kappa shape index (κ1) is 20.6. The number of aliphatic imine (C=N–C) groups is 1. The molecule has 4 nitrogen and oxygen atoms in total. The third-order valence-electron chi connectivity index (χ3n) is 4.48. The first-order chi connectivity index (χ1) is 14.5. The fourth-order valence-corrected chi connectivity index (χ4v) is 3.50. The van der Waals surface area contributed by atoms with Gasteiger partial charge in [0.1, 0.15) is 12.4 Å². The summed E-state index contributed by atoms with van der Waals surface area (Å²) in [5.74, 6) is 0.540. The van der Waals surface area contributed by atoms with Crippen molar-refractivity contribution < 1.29 is 14.3 Å². The molecule has 30 heavy (non-hydrogen) atoms. The quantitative estimate of drug-likeness (QED) is 0.225. The van der Waals surface area contributed by atoms with Crippen LogP contribution in [0.15, 0.2) is 77.4 Å². The molecule has 4 rings (SSSR count). The second-order valence-corrected chi connectivity index (χ2v) is 8.39. The maximum atomic E-state index is 12.3. The summed E-state index contributed by atoms with van der Waals surface area (Å²) in [5.41, 5.74) is 3.92. The first-order valence-corrected chi connectivity index (χ1v) is 10.7. The molecule has 0 N–H and O–H groups in total. The highest BCUT2D eigenvalue weighted by molar-refractivity contribution is 14.1. The number of rotatable bonds is 5. The lowest BCUT2D eigenvalue weighted by Gasteiger charge is -2.07. The van der Waals surface area contributed by atoms with Crippen molar-refractivity contribution in [2.75, 3.05) is 0 Å². The highest BCUT2D eigenvalue weighted by Crippen LogP contribution is 2.23. The number of aryl methyl sites for hydroxylation is 1. The van der Waals surface area contributed by atoms with Crippen LogP contribution < -0.4 is 4.74 Å². The summed E-state index contributed by atoms with van der Waals surface area (Å²) in [6, 6.07) is 20.8. The third-order valence-corrected chi connectivity index (χ3v) is 5.93. The van der Waals surface area contributed by atoms with Crippen LogP contribution in [0.25, 0.3) is 6.08 Å². The van der Waals surface area contributed by atoms with Gasteiger partial charge in [-0.25, -0.2) is 9.79 Å². The van der Waals surface area contributed by atoms with Gasteiger partial charge in [-0.2, -0.15) is 0 Å². The average molecular weight is 530 g/mol. The molecule has 1 heterocycles. The summed E-state index contributed by atoms with van der Waals surface area (Å²) in [4.78, 5) is 16.7. The smallest absolute Gasteiger partial charge is 0.363 e. The Labute approximate surface area is 193 Å². The summed E-state index contributed by atoms with van der Waals surface area (Å²) in [5, 5.41) is 0.673. The van der Waals surface area contributed by atoms with Gasteiger partial charge in [-0.3, -0.25) is 0 Å². The monoisotopic (exact) mass is 529 g/mol. The van der Waals surface area contributed by atoms with Crippen molar-refractivity contribution in [3.63, 3.8) is 0 Å². The van der Waals surface area contributed by atoms with Crippen molar-refractivity contribution in [1.82, 2.24) is 0 Å². The second-order valence-electron chi connectivity index (χ2n) is 6.79. The standard InChI is InChI=1S/C24H17ClINO3/c1-15-10-18(8-9-21(15)26)23-27-22(24(28)30-23)13-16-4-3-7-20(12-16)29-14-17-5-2-6-19(25)11-17/h2-13H,14H2,1H3/b22-13-. The van der Waals surface area contributed by atoms with Crippen LogP contribution in [0.3, 0.4) is 0 Å². The molecule has 0 aromatic heterocycles. The van der Waals surface area contributed by atoms with Crippen LogP contribution in [0, 0.1) is 10.5 Å². The largest absolute Gasteiger partial charge is 0.489 e. The fraction of sp³-hybridized carbons (Fsp3) is 0.0833. The summed E-state index contributed by atoms with van der Waals surface area (Å²) < 4.78 is 12.4. The molecule has 3 aromatic rings. The minimum Gasteiger partial charge on any atom is -0.489 e. The van der Waals surface area contributed by atoms with E-state index in [1.807, 2.05) is 73.7 Å². The minimum atomic E-state index is -0.466. The molecule has 0 fully saturated rings. The molecule has 6 heteroatoms. The van der Waals surface area contributed by atoms with E-state index in [0.717, 1.165) is 25.8 Å². The molecule has 0 atom stereocenters. The van der Waals surface area contributed by atoms with Gasteiger partial charge >= 0.3 is 5.97 Å². The number of carbonyl (C=O) groups is 1. The summed E-state index contributed by atoms with van der Waals surface area (Å²) >= 11 is 8.28. The van der Waals surface area contributed by atoms with Crippen molar-refractivity contribution in [2.24, 2.45) is 4.99 Å². The van der Waals surface area contributed by atoms with Crippen molar-refractivity contribution in [1.29, 1.82) is 0 Å². The molecule has 0 saturated heterocycles. The fourth-order valence-electron chi connectivity index (χ4n) is 2.96. The number of hydrogen-bond donors (Lipinski definition) is 0. The number of halogens is 2. The lowest BCUT2D eigenvalue weighted by Crippen LogP contribution is -2.05. The van der Waals surface area contributed by atoms with Crippen molar-refractivity contribution in [3.8, 4) is 5.75 Å². The Kier molecular flexibility index (Phi) is 6.20. The van der Waals surface area contributed by atoms with Crippen molar-refractivity contribution in [2.45, 2.75) is 13.5 Å². The van der Waals surface area contributed by atoms with Gasteiger partial charge in [0.05, 0.1) is 0 Å². The molecule has 1 aliphatic rings. The zero-order valence-electron chi connectivity index (χ0n) is 16.1. The van der Waals surface area contributed by atoms with Gasteiger partial charge in [0.15, 0.2) is 5.70 Å². The van der Waals surface area contributed by atoms with Crippen LogP contribution in [0.2, 0.25) is 5.02 Å². The molecule has 3 aromatic carbocycles. The van der Waals surface area contributed by atoms with Crippen molar-refractivity contribution >= 4 is 52.1 Å². The number of ether oxygens (including phenoxy) is 2. The highest BCUT2D eigenvalue weighted by atomic mass is 127. The normalized spacial score (nSPS) is 14.6. The Morgan fingerprint density at radius 1 is 1.10 bits per heavy atom. The number of benzene rings is 3. The van der Waals surface area contributed by atoms with E-state index in [0.29, 0.717) is 23.3 Å². The Bertz CT molecular complexity index is 1190. The van der Waals surface area contributed by atoms with Crippen LogP contribution >= 0.6 is 34.2 Å². The molecule has 0 unspecified atom stereocenters. The van der Waals surface area contributed by atoms with Crippen LogP contribution in [0.4, 0.5) is 0 Å². The molecule has 0 spiro atoms. The van der Waals surface area contributed by atoms with Crippen LogP contribution in [0.5, 0.6) is 5.75 Å². The lowest BCUT2D eigenvalue weighted by molar-refractivity contribution is -0.129. The van der Waals surface area contributed by atoms with Crippen molar-refractivity contribution in [3.05, 3.63) is 103 Å². The summed E-state index contributed by atoms with van der Waals surface area (Å²) in [6.07, 6.45) is 1.70. The lowest BCUT2D eigenvalue weighted by atomic mass is 10.1. The van der Waals surface area contributed by atoms with Gasteiger partial charge in [0.2, 0.25) is 5.90 Å². The zero-order chi connectivity index (χ0) is 21.1. The molecule has 0 aliphatic carbocycles. The predicted molar refractivity (Wildman–Crippen MR) is 127 cm³/mol. The topological polar surface area (TPSA) is 47.9 Å². The third kappa shape index (κ3) is 4.91. The summed E-state index contributed by atoms with van der Waals surface area (Å²) in [6.45, 7) is 2.41. The van der Waals surface area contributed by atoms with Gasteiger partial charge in [0.25, 0.3) is 0 Å². The van der Waals surface area contributed by atoms with Gasteiger partial charge in [-0.15, -0.1) is 0 Å². The molecule has 0 radical (unpaired) electrons. The molecular weight excluding hydrogens is 513 g/mol. The molecule has 150 valence electrons. The van der Waals surface area contributed by atoms with E-state index < -0.39 is 5.97 Å². The van der Waals surface area contributed by atoms with Gasteiger partial charge < -0.3 is 9.47 Å². The Balaban J connectivity index is 1.52. The number of nitrogens with zero attached hydrogens (tertiary/aromatic N) is 1. The van der Waals surface area contributed by atoms with Gasteiger partial charge in [-0.1, -0.05) is 35.9 Å². The molecule has 0 saturated carbocycles. The van der Waals surface area contributed by atoms with Gasteiger partial charge in [0, 0.05) is 14.2 Å². The Hall–Kier alpha value is -2.64. The van der Waals surface area contributed by atoms with E-state index >= 15 is 0 Å². The van der Waals surface area contributed by atoms with E-state index in [1.54, 1.807) is 6.08 Å². The average Bonchev–Trinajstić information content (AvgIpc) is 3.09. The SMILES string of the molecule is Cc1cc(C2=N/C(=C\c3cccc(OCc4cccc(Cl)c4)c3)C(=O)O2)ccc1I. The highest BCUT2D eigenvalue weighted by Gasteiger charge is 2.24. The van der Waals surface area contributed by atoms with Crippen LogP contribution in [-0.2, 0) is 16.1 Å². The maximum Gasteiger partial charge on any atom is 0.363 e. The van der Waals surface area contributed by atoms with E-state index in [2.05, 4.69) is 27.6 Å². The first-order valence-electron chi connectivity index (χ1n) is 9.24. The Morgan fingerprint density at radius 3 is 2.73 bits per heavy atom. The Morgan fingerprint density at radius 2 is 1.93 bits per heavy atom. The second kappa shape index (κ2) is 9.02. The zero-order valence-corrected chi connectivity index (χ0v) is 19.0. The molecule has 0 bridgehead atoms. The van der Waals surface area contributed by atoms with E-state index in [9.17, 15) is 4.79 Å². The van der Waals surface area contributed by atoms with E-state index in [1.165, 1.54) is 0 Å². The summed E-state index contributed by atoms with van der Waals surface area (Å²) in [7, 11) is 0. The molecular formula is C24H17ClINO3. The number of hydrogen-bond acceptors (Lipinski definition) is 4. The van der Waals surface area contributed by atoms with Crippen LogP contribution in [-0.4, -0.2) is 11.9 Å². The van der Waals surface area contributed by atoms with E-state index in [-0.39, 0.29) is 5.70 Å². The van der Waals surface area contributed by atoms with Gasteiger partial charge in [-0.05, 0) is 94.7 Å². The maximum absolute atomic E-state index is 12.3. The van der Waals surface area contributed by atoms with E-state index in [4.69, 9.17) is 21.1 Å². The predicted octanol–water partition coefficient (Wildman–Crippen LogP) is 6.18. The number of carbonyl (C=O) groups excluding carboxylic acids is 1. The molecule has 0 amide bonds. The number of esters is 1. The molecule has 1 aliphatic heterocycles. The van der Waals surface area contributed by atoms with Crippen LogP contribution in [0.1, 0.15) is 22.3 Å².